The van der Waals surface area contributed by atoms with E-state index in [-0.39, 0.29) is 30.6 Å². The van der Waals surface area contributed by atoms with E-state index in [1.54, 1.807) is 50.6 Å². The fourth-order valence-electron chi connectivity index (χ4n) is 3.14. The maximum atomic E-state index is 12.2. The van der Waals surface area contributed by atoms with Gasteiger partial charge in [0.15, 0.2) is 13.2 Å². The lowest BCUT2D eigenvalue weighted by Crippen LogP contribution is -2.30. The zero-order chi connectivity index (χ0) is 25.8. The molecule has 0 heterocycles. The number of carbonyl (C=O) groups is 3. The van der Waals surface area contributed by atoms with E-state index in [1.807, 2.05) is 24.3 Å². The summed E-state index contributed by atoms with van der Waals surface area (Å²) in [6.45, 7) is -0.179. The number of carbonyl (C=O) groups excluding carboxylic acids is 3. The molecule has 188 valence electrons. The Kier molecular flexibility index (Phi) is 9.69. The molecule has 9 heteroatoms. The molecular formula is C27H28N2O7. The molecule has 9 nitrogen and oxygen atoms in total. The fraction of sp³-hybridized carbons (Fsp3) is 0.222. The molecule has 0 aliphatic rings. The van der Waals surface area contributed by atoms with E-state index >= 15 is 0 Å². The molecule has 0 aliphatic carbocycles. The van der Waals surface area contributed by atoms with E-state index in [9.17, 15) is 14.4 Å². The minimum absolute atomic E-state index is 0.211. The van der Waals surface area contributed by atoms with Crippen LogP contribution in [0.5, 0.6) is 17.2 Å². The molecular weight excluding hydrogens is 464 g/mol. The van der Waals surface area contributed by atoms with Gasteiger partial charge in [0.1, 0.15) is 17.2 Å². The third-order valence-electron chi connectivity index (χ3n) is 5.04. The number of ether oxygens (including phenoxy) is 4. The number of rotatable bonds is 12. The Bertz CT molecular complexity index is 1160. The molecule has 3 rings (SSSR count). The summed E-state index contributed by atoms with van der Waals surface area (Å²) >= 11 is 0. The first kappa shape index (κ1) is 26.1. The van der Waals surface area contributed by atoms with Crippen molar-refractivity contribution in [2.45, 2.75) is 6.42 Å². The third kappa shape index (κ3) is 8.35. The van der Waals surface area contributed by atoms with Crippen LogP contribution in [0.1, 0.15) is 15.9 Å². The Morgan fingerprint density at radius 1 is 0.750 bits per heavy atom. The second kappa shape index (κ2) is 13.4. The highest BCUT2D eigenvalue weighted by molar-refractivity contribution is 5.92. The average molecular weight is 493 g/mol. The van der Waals surface area contributed by atoms with Gasteiger partial charge in [-0.05, 0) is 60.5 Å². The van der Waals surface area contributed by atoms with Crippen molar-refractivity contribution in [2.75, 3.05) is 39.3 Å². The molecule has 2 N–H and O–H groups in total. The van der Waals surface area contributed by atoms with Gasteiger partial charge >= 0.3 is 5.97 Å². The van der Waals surface area contributed by atoms with Crippen LogP contribution in [0.15, 0.2) is 72.8 Å². The third-order valence-corrected chi connectivity index (χ3v) is 5.04. The van der Waals surface area contributed by atoms with Crippen LogP contribution in [0.4, 0.5) is 5.69 Å². The Labute approximate surface area is 209 Å². The number of nitrogens with one attached hydrogen (secondary N) is 2. The second-order valence-electron chi connectivity index (χ2n) is 7.62. The highest BCUT2D eigenvalue weighted by Crippen LogP contribution is 2.17. The van der Waals surface area contributed by atoms with Crippen molar-refractivity contribution in [2.24, 2.45) is 0 Å². The first-order valence-corrected chi connectivity index (χ1v) is 11.2. The molecule has 3 aromatic carbocycles. The van der Waals surface area contributed by atoms with Crippen LogP contribution in [0.2, 0.25) is 0 Å². The maximum absolute atomic E-state index is 12.2. The van der Waals surface area contributed by atoms with Crippen LogP contribution >= 0.6 is 0 Å². The maximum Gasteiger partial charge on any atom is 0.338 e. The number of esters is 1. The lowest BCUT2D eigenvalue weighted by molar-refractivity contribution is -0.124. The van der Waals surface area contributed by atoms with Gasteiger partial charge in [-0.15, -0.1) is 0 Å². The summed E-state index contributed by atoms with van der Waals surface area (Å²) in [5, 5.41) is 5.43. The van der Waals surface area contributed by atoms with Crippen molar-refractivity contribution >= 4 is 23.5 Å². The number of amides is 2. The minimum Gasteiger partial charge on any atom is -0.497 e. The summed E-state index contributed by atoms with van der Waals surface area (Å²) in [7, 11) is 3.15. The lowest BCUT2D eigenvalue weighted by atomic mass is 10.1. The van der Waals surface area contributed by atoms with Crippen LogP contribution in [0, 0.1) is 0 Å². The predicted molar refractivity (Wildman–Crippen MR) is 134 cm³/mol. The fourth-order valence-corrected chi connectivity index (χ4v) is 3.14. The molecule has 0 spiro atoms. The molecule has 3 aromatic rings. The van der Waals surface area contributed by atoms with E-state index in [1.165, 1.54) is 12.1 Å². The molecule has 0 unspecified atom stereocenters. The topological polar surface area (TPSA) is 112 Å². The normalized spacial score (nSPS) is 10.2. The first-order valence-electron chi connectivity index (χ1n) is 11.2. The van der Waals surface area contributed by atoms with E-state index in [4.69, 9.17) is 18.9 Å². The number of methoxy groups -OCH3 is 2. The predicted octanol–water partition coefficient (Wildman–Crippen LogP) is 3.24. The molecule has 2 amide bonds. The zero-order valence-electron chi connectivity index (χ0n) is 20.1. The summed E-state index contributed by atoms with van der Waals surface area (Å²) in [6.07, 6.45) is 0.642. The number of hydrogen-bond donors (Lipinski definition) is 2. The molecule has 0 atom stereocenters. The summed E-state index contributed by atoms with van der Waals surface area (Å²) in [6, 6.07) is 20.6. The van der Waals surface area contributed by atoms with Crippen LogP contribution in [-0.4, -0.2) is 51.8 Å². The van der Waals surface area contributed by atoms with Crippen molar-refractivity contribution in [1.29, 1.82) is 0 Å². The average Bonchev–Trinajstić information content (AvgIpc) is 2.91. The van der Waals surface area contributed by atoms with E-state index in [0.717, 1.165) is 11.3 Å². The number of benzene rings is 3. The van der Waals surface area contributed by atoms with Gasteiger partial charge in [-0.3, -0.25) is 9.59 Å². The minimum atomic E-state index is -0.636. The van der Waals surface area contributed by atoms with Crippen molar-refractivity contribution in [3.8, 4) is 17.2 Å². The van der Waals surface area contributed by atoms with Gasteiger partial charge in [0.05, 0.1) is 19.8 Å². The molecule has 36 heavy (non-hydrogen) atoms. The van der Waals surface area contributed by atoms with Crippen molar-refractivity contribution in [3.05, 3.63) is 83.9 Å². The summed E-state index contributed by atoms with van der Waals surface area (Å²) < 4.78 is 20.8. The second-order valence-corrected chi connectivity index (χ2v) is 7.62. The number of hydrogen-bond acceptors (Lipinski definition) is 7. The van der Waals surface area contributed by atoms with Crippen molar-refractivity contribution < 1.29 is 33.3 Å². The van der Waals surface area contributed by atoms with Crippen LogP contribution in [-0.2, 0) is 20.7 Å². The van der Waals surface area contributed by atoms with Gasteiger partial charge in [-0.25, -0.2) is 4.79 Å². The summed E-state index contributed by atoms with van der Waals surface area (Å²) in [5.41, 5.74) is 1.90. The van der Waals surface area contributed by atoms with Gasteiger partial charge in [0.25, 0.3) is 11.8 Å². The molecule has 0 saturated heterocycles. The summed E-state index contributed by atoms with van der Waals surface area (Å²) in [4.78, 5) is 36.3. The number of anilines is 1. The molecule has 0 aromatic heterocycles. The lowest BCUT2D eigenvalue weighted by Gasteiger charge is -2.09. The monoisotopic (exact) mass is 492 g/mol. The van der Waals surface area contributed by atoms with Crippen molar-refractivity contribution in [1.82, 2.24) is 5.32 Å². The first-order chi connectivity index (χ1) is 17.5. The Morgan fingerprint density at radius 3 is 2.14 bits per heavy atom. The molecule has 0 aliphatic heterocycles. The van der Waals surface area contributed by atoms with Crippen molar-refractivity contribution in [3.63, 3.8) is 0 Å². The van der Waals surface area contributed by atoms with Gasteiger partial charge in [0, 0.05) is 18.3 Å². The molecule has 0 radical (unpaired) electrons. The van der Waals surface area contributed by atoms with Crippen LogP contribution in [0.3, 0.4) is 0 Å². The van der Waals surface area contributed by atoms with Gasteiger partial charge in [-0.1, -0.05) is 18.2 Å². The highest BCUT2D eigenvalue weighted by atomic mass is 16.5. The zero-order valence-corrected chi connectivity index (χ0v) is 20.1. The van der Waals surface area contributed by atoms with E-state index in [0.29, 0.717) is 30.2 Å². The SMILES string of the molecule is COc1ccc(CCNC(=O)COC(=O)c2ccc(OCC(=O)Nc3cccc(OC)c3)cc2)cc1. The van der Waals surface area contributed by atoms with Gasteiger partial charge in [0.2, 0.25) is 0 Å². The largest absolute Gasteiger partial charge is 0.497 e. The Hall–Kier alpha value is -4.53. The van der Waals surface area contributed by atoms with Gasteiger partial charge < -0.3 is 29.6 Å². The Morgan fingerprint density at radius 2 is 1.44 bits per heavy atom. The van der Waals surface area contributed by atoms with Crippen LogP contribution in [0.25, 0.3) is 0 Å². The summed E-state index contributed by atoms with van der Waals surface area (Å²) in [5.74, 6) is 0.432. The molecule has 0 bridgehead atoms. The molecule has 0 fully saturated rings. The standard InChI is InChI=1S/C27H28N2O7/c1-33-22-10-6-19(7-11-22)14-15-28-25(30)17-36-27(32)20-8-12-23(13-9-20)35-18-26(31)29-21-4-3-5-24(16-21)34-2/h3-13,16H,14-15,17-18H2,1-2H3,(H,28,30)(H,29,31). The quantitative estimate of drug-likeness (QED) is 0.373. The Balaban J connectivity index is 1.36. The molecule has 0 saturated carbocycles. The van der Waals surface area contributed by atoms with E-state index in [2.05, 4.69) is 10.6 Å². The van der Waals surface area contributed by atoms with Crippen LogP contribution < -0.4 is 24.8 Å². The highest BCUT2D eigenvalue weighted by Gasteiger charge is 2.11. The van der Waals surface area contributed by atoms with Gasteiger partial charge in [-0.2, -0.15) is 0 Å². The van der Waals surface area contributed by atoms with E-state index < -0.39 is 5.97 Å². The smallest absolute Gasteiger partial charge is 0.338 e.